The Kier molecular flexibility index (Phi) is 7.04. The van der Waals surface area contributed by atoms with Crippen molar-refractivity contribution in [3.8, 4) is 5.69 Å². The Labute approximate surface area is 198 Å². The zero-order valence-electron chi connectivity index (χ0n) is 19.2. The molecule has 0 N–H and O–H groups in total. The van der Waals surface area contributed by atoms with Crippen LogP contribution in [0.3, 0.4) is 0 Å². The van der Waals surface area contributed by atoms with E-state index in [1.165, 1.54) is 29.9 Å². The molecule has 0 atom stereocenters. The predicted molar refractivity (Wildman–Crippen MR) is 130 cm³/mol. The Hall–Kier alpha value is -3.04. The van der Waals surface area contributed by atoms with Crippen molar-refractivity contribution in [3.63, 3.8) is 0 Å². The van der Waals surface area contributed by atoms with Crippen LogP contribution < -0.4 is 9.86 Å². The molecule has 10 heteroatoms. The molecule has 0 spiro atoms. The molecule has 0 bridgehead atoms. The molecule has 176 valence electrons. The van der Waals surface area contributed by atoms with Crippen LogP contribution in [0.2, 0.25) is 5.02 Å². The number of benzene rings is 2. The molecule has 1 aromatic heterocycles. The van der Waals surface area contributed by atoms with Crippen molar-refractivity contribution in [2.24, 2.45) is 7.05 Å². The van der Waals surface area contributed by atoms with E-state index in [0.29, 0.717) is 24.5 Å². The normalized spacial score (nSPS) is 11.5. The number of halogens is 1. The predicted octanol–water partition coefficient (Wildman–Crippen LogP) is 3.44. The molecular weight excluding hydrogens is 464 g/mol. The molecule has 0 saturated heterocycles. The lowest BCUT2D eigenvalue weighted by Gasteiger charge is -2.21. The van der Waals surface area contributed by atoms with Gasteiger partial charge in [0.15, 0.2) is 0 Å². The average Bonchev–Trinajstić information content (AvgIpc) is 3.02. The van der Waals surface area contributed by atoms with Gasteiger partial charge in [0.05, 0.1) is 26.9 Å². The van der Waals surface area contributed by atoms with E-state index in [1.54, 1.807) is 47.8 Å². The van der Waals surface area contributed by atoms with Crippen molar-refractivity contribution in [3.05, 3.63) is 75.2 Å². The van der Waals surface area contributed by atoms with Gasteiger partial charge < -0.3 is 4.90 Å². The van der Waals surface area contributed by atoms with Crippen LogP contribution in [0, 0.1) is 6.92 Å². The lowest BCUT2D eigenvalue weighted by Crippen LogP contribution is -2.33. The second-order valence-electron chi connectivity index (χ2n) is 7.50. The van der Waals surface area contributed by atoms with Gasteiger partial charge in [-0.15, -0.1) is 0 Å². The zero-order chi connectivity index (χ0) is 24.5. The van der Waals surface area contributed by atoms with Gasteiger partial charge in [0.1, 0.15) is 5.69 Å². The fraction of sp³-hybridized carbons (Fsp3) is 0.304. The van der Waals surface area contributed by atoms with Gasteiger partial charge in [-0.05, 0) is 51.1 Å². The summed E-state index contributed by atoms with van der Waals surface area (Å²) in [7, 11) is -1.14. The lowest BCUT2D eigenvalue weighted by molar-refractivity contribution is 0.0773. The first kappa shape index (κ1) is 24.6. The van der Waals surface area contributed by atoms with E-state index < -0.39 is 15.6 Å². The minimum Gasteiger partial charge on any atom is -0.339 e. The van der Waals surface area contributed by atoms with Gasteiger partial charge in [0, 0.05) is 27.2 Å². The largest absolute Gasteiger partial charge is 0.339 e. The first-order chi connectivity index (χ1) is 15.6. The van der Waals surface area contributed by atoms with E-state index in [-0.39, 0.29) is 27.1 Å². The fourth-order valence-electron chi connectivity index (χ4n) is 3.70. The molecule has 0 radical (unpaired) electrons. The maximum absolute atomic E-state index is 13.5. The summed E-state index contributed by atoms with van der Waals surface area (Å²) in [5.74, 6) is -0.355. The van der Waals surface area contributed by atoms with Crippen LogP contribution >= 0.6 is 11.6 Å². The highest BCUT2D eigenvalue weighted by atomic mass is 35.5. The Morgan fingerprint density at radius 2 is 1.67 bits per heavy atom. The summed E-state index contributed by atoms with van der Waals surface area (Å²) in [5.41, 5.74) is 0.738. The molecule has 2 aromatic carbocycles. The van der Waals surface area contributed by atoms with Crippen LogP contribution in [-0.4, -0.2) is 48.7 Å². The molecule has 0 aliphatic heterocycles. The number of rotatable bonds is 7. The number of amides is 1. The Bertz CT molecular complexity index is 1340. The number of para-hydroxylation sites is 1. The highest BCUT2D eigenvalue weighted by molar-refractivity contribution is 7.92. The van der Waals surface area contributed by atoms with Crippen LogP contribution in [0.5, 0.6) is 0 Å². The quantitative estimate of drug-likeness (QED) is 0.507. The number of hydrogen-bond acceptors (Lipinski definition) is 4. The Morgan fingerprint density at radius 3 is 2.24 bits per heavy atom. The first-order valence-electron chi connectivity index (χ1n) is 10.5. The summed E-state index contributed by atoms with van der Waals surface area (Å²) in [5, 5.41) is 0.163. The third kappa shape index (κ3) is 4.30. The number of carbonyl (C=O) groups excluding carboxylic acids is 1. The number of hydrogen-bond donors (Lipinski definition) is 0. The monoisotopic (exact) mass is 490 g/mol. The van der Waals surface area contributed by atoms with Crippen molar-refractivity contribution in [2.45, 2.75) is 25.7 Å². The maximum Gasteiger partial charge on any atom is 0.296 e. The van der Waals surface area contributed by atoms with E-state index in [4.69, 9.17) is 11.6 Å². The summed E-state index contributed by atoms with van der Waals surface area (Å²) in [4.78, 5) is 27.5. The van der Waals surface area contributed by atoms with E-state index in [2.05, 4.69) is 0 Å². The molecule has 3 rings (SSSR count). The smallest absolute Gasteiger partial charge is 0.296 e. The molecule has 0 fully saturated rings. The number of nitrogens with zero attached hydrogens (tertiary/aromatic N) is 4. The molecular formula is C23H27ClN4O4S. The van der Waals surface area contributed by atoms with Crippen LogP contribution in [0.1, 0.15) is 29.9 Å². The minimum atomic E-state index is -4.16. The van der Waals surface area contributed by atoms with Crippen LogP contribution in [0.25, 0.3) is 5.69 Å². The number of carbonyl (C=O) groups is 1. The van der Waals surface area contributed by atoms with Gasteiger partial charge in [0.25, 0.3) is 21.5 Å². The topological polar surface area (TPSA) is 84.6 Å². The van der Waals surface area contributed by atoms with Crippen molar-refractivity contribution < 1.29 is 13.2 Å². The van der Waals surface area contributed by atoms with Gasteiger partial charge in [-0.1, -0.05) is 29.8 Å². The Balaban J connectivity index is 2.11. The van der Waals surface area contributed by atoms with Crippen LogP contribution in [0.15, 0.2) is 58.2 Å². The van der Waals surface area contributed by atoms with Gasteiger partial charge in [-0.3, -0.25) is 18.6 Å². The van der Waals surface area contributed by atoms with E-state index in [9.17, 15) is 18.0 Å². The van der Waals surface area contributed by atoms with Crippen molar-refractivity contribution in [2.75, 3.05) is 24.4 Å². The third-order valence-corrected chi connectivity index (χ3v) is 7.80. The van der Waals surface area contributed by atoms with Gasteiger partial charge in [0.2, 0.25) is 0 Å². The summed E-state index contributed by atoms with van der Waals surface area (Å²) in [6, 6.07) is 13.0. The van der Waals surface area contributed by atoms with E-state index in [1.807, 2.05) is 19.9 Å². The second-order valence-corrected chi connectivity index (χ2v) is 9.88. The highest BCUT2D eigenvalue weighted by Gasteiger charge is 2.30. The van der Waals surface area contributed by atoms with Gasteiger partial charge in [-0.2, -0.15) is 0 Å². The highest BCUT2D eigenvalue weighted by Crippen LogP contribution is 2.27. The van der Waals surface area contributed by atoms with E-state index in [0.717, 1.165) is 4.31 Å². The fourth-order valence-corrected chi connectivity index (χ4v) is 5.18. The van der Waals surface area contributed by atoms with Crippen molar-refractivity contribution >= 4 is 33.2 Å². The first-order valence-corrected chi connectivity index (χ1v) is 12.3. The zero-order valence-corrected chi connectivity index (χ0v) is 20.8. The standard InChI is InChI=1S/C23H27ClN4O4S/c1-6-27(7-2)22(29)19-15-18(13-14-20(19)24)33(31,32)26(5)21-16(3)25(4)28(23(21)30)17-11-9-8-10-12-17/h8-15H,6-7H2,1-5H3. The summed E-state index contributed by atoms with van der Waals surface area (Å²) < 4.78 is 31.0. The van der Waals surface area contributed by atoms with Crippen molar-refractivity contribution in [1.82, 2.24) is 14.3 Å². The molecule has 0 aliphatic rings. The number of aromatic nitrogens is 2. The summed E-state index contributed by atoms with van der Waals surface area (Å²) in [6.07, 6.45) is 0. The average molecular weight is 491 g/mol. The summed E-state index contributed by atoms with van der Waals surface area (Å²) in [6.45, 7) is 6.27. The van der Waals surface area contributed by atoms with Gasteiger partial charge in [-0.25, -0.2) is 13.1 Å². The summed E-state index contributed by atoms with van der Waals surface area (Å²) >= 11 is 6.23. The van der Waals surface area contributed by atoms with E-state index >= 15 is 0 Å². The molecule has 1 amide bonds. The molecule has 1 heterocycles. The molecule has 0 saturated carbocycles. The third-order valence-electron chi connectivity index (χ3n) is 5.72. The van der Waals surface area contributed by atoms with Crippen LogP contribution in [-0.2, 0) is 17.1 Å². The lowest BCUT2D eigenvalue weighted by atomic mass is 10.2. The molecule has 8 nitrogen and oxygen atoms in total. The van der Waals surface area contributed by atoms with Gasteiger partial charge >= 0.3 is 0 Å². The van der Waals surface area contributed by atoms with Crippen LogP contribution in [0.4, 0.5) is 5.69 Å². The molecule has 0 aliphatic carbocycles. The Morgan fingerprint density at radius 1 is 1.06 bits per heavy atom. The maximum atomic E-state index is 13.5. The molecule has 0 unspecified atom stereocenters. The molecule has 33 heavy (non-hydrogen) atoms. The molecule has 3 aromatic rings. The number of sulfonamides is 1. The number of anilines is 1. The van der Waals surface area contributed by atoms with Crippen molar-refractivity contribution in [1.29, 1.82) is 0 Å². The minimum absolute atomic E-state index is 0.0212. The SMILES string of the molecule is CCN(CC)C(=O)c1cc(S(=O)(=O)N(C)c2c(C)n(C)n(-c3ccccc3)c2=O)ccc1Cl. The second kappa shape index (κ2) is 9.44.